The van der Waals surface area contributed by atoms with E-state index in [0.29, 0.717) is 12.3 Å². The lowest BCUT2D eigenvalue weighted by atomic mass is 10.1. The molecule has 0 radical (unpaired) electrons. The van der Waals surface area contributed by atoms with Crippen LogP contribution in [0.4, 0.5) is 0 Å². The van der Waals surface area contributed by atoms with Crippen molar-refractivity contribution in [3.05, 3.63) is 48.0 Å². The largest absolute Gasteiger partial charge is 0.342 e. The Morgan fingerprint density at radius 3 is 3.10 bits per heavy atom. The van der Waals surface area contributed by atoms with Gasteiger partial charge in [0, 0.05) is 49.7 Å². The van der Waals surface area contributed by atoms with Crippen LogP contribution < -0.4 is 0 Å². The number of carbonyl (C=O) groups is 1. The smallest absolute Gasteiger partial charge is 0.222 e. The van der Waals surface area contributed by atoms with Gasteiger partial charge < -0.3 is 4.90 Å². The molecule has 0 bridgehead atoms. The molecular formula is C15H18N4O. The molecule has 0 unspecified atom stereocenters. The second-order valence-electron chi connectivity index (χ2n) is 5.20. The number of nitrogens with zero attached hydrogens (tertiary/aromatic N) is 3. The molecular weight excluding hydrogens is 252 g/mol. The van der Waals surface area contributed by atoms with Gasteiger partial charge in [-0.15, -0.1) is 0 Å². The van der Waals surface area contributed by atoms with Gasteiger partial charge in [0.15, 0.2) is 0 Å². The predicted molar refractivity (Wildman–Crippen MR) is 75.1 cm³/mol. The molecule has 0 aromatic carbocycles. The molecule has 1 fully saturated rings. The Labute approximate surface area is 118 Å². The summed E-state index contributed by atoms with van der Waals surface area (Å²) in [6.45, 7) is 1.64. The number of hydrogen-bond acceptors (Lipinski definition) is 3. The van der Waals surface area contributed by atoms with Gasteiger partial charge in [0.25, 0.3) is 0 Å². The summed E-state index contributed by atoms with van der Waals surface area (Å²) in [5, 5.41) is 6.98. The molecule has 2 aromatic rings. The molecule has 1 amide bonds. The zero-order valence-electron chi connectivity index (χ0n) is 11.3. The van der Waals surface area contributed by atoms with Gasteiger partial charge in [-0.05, 0) is 30.5 Å². The highest BCUT2D eigenvalue weighted by molar-refractivity contribution is 5.76. The van der Waals surface area contributed by atoms with E-state index in [1.54, 1.807) is 12.4 Å². The number of hydrogen-bond donors (Lipinski definition) is 1. The summed E-state index contributed by atoms with van der Waals surface area (Å²) >= 11 is 0. The third kappa shape index (κ3) is 2.87. The summed E-state index contributed by atoms with van der Waals surface area (Å²) in [4.78, 5) is 18.2. The molecule has 5 nitrogen and oxygen atoms in total. The van der Waals surface area contributed by atoms with E-state index in [4.69, 9.17) is 0 Å². The van der Waals surface area contributed by atoms with Gasteiger partial charge >= 0.3 is 0 Å². The fourth-order valence-electron chi connectivity index (χ4n) is 2.69. The number of carbonyl (C=O) groups excluding carboxylic acids is 1. The number of amides is 1. The van der Waals surface area contributed by atoms with E-state index in [1.807, 2.05) is 29.3 Å². The minimum atomic E-state index is 0.232. The Morgan fingerprint density at radius 2 is 2.35 bits per heavy atom. The first-order valence-electron chi connectivity index (χ1n) is 6.99. The fraction of sp³-hybridized carbons (Fsp3) is 0.400. The standard InChI is InChI=1S/C15H18N4O/c20-15(4-3-12-2-1-7-16-10-12)19-9-6-13(11-19)14-5-8-17-18-14/h1-2,5,7-8,10,13H,3-4,6,9,11H2,(H,17,18)/t13-/m1/s1. The number of aromatic amines is 1. The van der Waals surface area contributed by atoms with Crippen LogP contribution in [-0.2, 0) is 11.2 Å². The van der Waals surface area contributed by atoms with Gasteiger partial charge in [-0.25, -0.2) is 0 Å². The van der Waals surface area contributed by atoms with Crippen LogP contribution in [0.3, 0.4) is 0 Å². The average Bonchev–Trinajstić information content (AvgIpc) is 3.16. The lowest BCUT2D eigenvalue weighted by Crippen LogP contribution is -2.28. The van der Waals surface area contributed by atoms with Crippen LogP contribution in [0.15, 0.2) is 36.8 Å². The van der Waals surface area contributed by atoms with Crippen molar-refractivity contribution in [3.8, 4) is 0 Å². The summed E-state index contributed by atoms with van der Waals surface area (Å²) in [5.74, 6) is 0.635. The van der Waals surface area contributed by atoms with Crippen molar-refractivity contribution >= 4 is 5.91 Å². The average molecular weight is 270 g/mol. The van der Waals surface area contributed by atoms with E-state index in [2.05, 4.69) is 15.2 Å². The number of pyridine rings is 1. The highest BCUT2D eigenvalue weighted by Crippen LogP contribution is 2.25. The van der Waals surface area contributed by atoms with Crippen molar-refractivity contribution in [3.63, 3.8) is 0 Å². The number of likely N-dealkylation sites (tertiary alicyclic amines) is 1. The molecule has 3 rings (SSSR count). The molecule has 3 heterocycles. The maximum absolute atomic E-state index is 12.2. The summed E-state index contributed by atoms with van der Waals surface area (Å²) < 4.78 is 0. The van der Waals surface area contributed by atoms with Gasteiger partial charge in [-0.2, -0.15) is 5.10 Å². The third-order valence-electron chi connectivity index (χ3n) is 3.85. The molecule has 1 N–H and O–H groups in total. The minimum absolute atomic E-state index is 0.232. The maximum atomic E-state index is 12.2. The van der Waals surface area contributed by atoms with Gasteiger partial charge in [0.05, 0.1) is 0 Å². The first kappa shape index (κ1) is 12.8. The minimum Gasteiger partial charge on any atom is -0.342 e. The summed E-state index contributed by atoms with van der Waals surface area (Å²) in [6, 6.07) is 5.91. The van der Waals surface area contributed by atoms with Crippen molar-refractivity contribution in [2.24, 2.45) is 0 Å². The van der Waals surface area contributed by atoms with Crippen molar-refractivity contribution in [2.45, 2.75) is 25.2 Å². The van der Waals surface area contributed by atoms with Gasteiger partial charge in [-0.1, -0.05) is 6.07 Å². The maximum Gasteiger partial charge on any atom is 0.222 e. The monoisotopic (exact) mass is 270 g/mol. The number of H-pyrrole nitrogens is 1. The van der Waals surface area contributed by atoms with Crippen molar-refractivity contribution < 1.29 is 4.79 Å². The van der Waals surface area contributed by atoms with E-state index in [9.17, 15) is 4.79 Å². The van der Waals surface area contributed by atoms with Crippen LogP contribution in [0.25, 0.3) is 0 Å². The van der Waals surface area contributed by atoms with E-state index in [0.717, 1.165) is 37.2 Å². The molecule has 0 saturated carbocycles. The molecule has 20 heavy (non-hydrogen) atoms. The molecule has 5 heteroatoms. The molecule has 1 aliphatic rings. The molecule has 1 aliphatic heterocycles. The Hall–Kier alpha value is -2.17. The lowest BCUT2D eigenvalue weighted by molar-refractivity contribution is -0.130. The Balaban J connectivity index is 1.51. The first-order valence-corrected chi connectivity index (χ1v) is 6.99. The van der Waals surface area contributed by atoms with Crippen LogP contribution in [0.1, 0.15) is 30.0 Å². The third-order valence-corrected chi connectivity index (χ3v) is 3.85. The van der Waals surface area contributed by atoms with Crippen molar-refractivity contribution in [2.75, 3.05) is 13.1 Å². The topological polar surface area (TPSA) is 61.9 Å². The number of nitrogens with one attached hydrogen (secondary N) is 1. The zero-order valence-corrected chi connectivity index (χ0v) is 11.3. The zero-order chi connectivity index (χ0) is 13.8. The molecule has 1 atom stereocenters. The number of aromatic nitrogens is 3. The number of rotatable bonds is 4. The van der Waals surface area contributed by atoms with Crippen LogP contribution in [-0.4, -0.2) is 39.1 Å². The van der Waals surface area contributed by atoms with Crippen LogP contribution in [0.2, 0.25) is 0 Å². The second kappa shape index (κ2) is 5.86. The van der Waals surface area contributed by atoms with Crippen LogP contribution >= 0.6 is 0 Å². The Bertz CT molecular complexity index is 553. The summed E-state index contributed by atoms with van der Waals surface area (Å²) in [6.07, 6.45) is 7.67. The Morgan fingerprint density at radius 1 is 1.40 bits per heavy atom. The van der Waals surface area contributed by atoms with Crippen molar-refractivity contribution in [1.29, 1.82) is 0 Å². The van der Waals surface area contributed by atoms with Crippen LogP contribution in [0, 0.1) is 0 Å². The molecule has 1 saturated heterocycles. The van der Waals surface area contributed by atoms with E-state index in [1.165, 1.54) is 0 Å². The quantitative estimate of drug-likeness (QED) is 0.920. The van der Waals surface area contributed by atoms with Gasteiger partial charge in [0.1, 0.15) is 0 Å². The highest BCUT2D eigenvalue weighted by Gasteiger charge is 2.27. The van der Waals surface area contributed by atoms with Gasteiger partial charge in [-0.3, -0.25) is 14.9 Å². The molecule has 2 aromatic heterocycles. The molecule has 0 aliphatic carbocycles. The van der Waals surface area contributed by atoms with Crippen LogP contribution in [0.5, 0.6) is 0 Å². The van der Waals surface area contributed by atoms with E-state index >= 15 is 0 Å². The molecule has 0 spiro atoms. The SMILES string of the molecule is O=C(CCc1cccnc1)N1CC[C@@H](c2ccn[nH]2)C1. The predicted octanol–water partition coefficient (Wildman–Crippen LogP) is 1.75. The summed E-state index contributed by atoms with van der Waals surface area (Å²) in [7, 11) is 0. The number of aryl methyl sites for hydroxylation is 1. The first-order chi connectivity index (χ1) is 9.83. The van der Waals surface area contributed by atoms with E-state index < -0.39 is 0 Å². The van der Waals surface area contributed by atoms with E-state index in [-0.39, 0.29) is 5.91 Å². The summed E-state index contributed by atoms with van der Waals surface area (Å²) in [5.41, 5.74) is 2.25. The normalized spacial score (nSPS) is 18.4. The Kier molecular flexibility index (Phi) is 3.76. The second-order valence-corrected chi connectivity index (χ2v) is 5.20. The van der Waals surface area contributed by atoms with Crippen molar-refractivity contribution in [1.82, 2.24) is 20.1 Å². The lowest BCUT2D eigenvalue weighted by Gasteiger charge is -2.16. The highest BCUT2D eigenvalue weighted by atomic mass is 16.2. The van der Waals surface area contributed by atoms with Gasteiger partial charge in [0.2, 0.25) is 5.91 Å². The molecule has 104 valence electrons. The fourth-order valence-corrected chi connectivity index (χ4v) is 2.69.